The first-order valence-corrected chi connectivity index (χ1v) is 7.15. The van der Waals surface area contributed by atoms with E-state index >= 15 is 0 Å². The second-order valence-electron chi connectivity index (χ2n) is 3.91. The number of carbonyl (C=O) groups is 1. The molecule has 3 aliphatic rings. The molecular formula is C9H11NO2S2. The maximum absolute atomic E-state index is 11.2. The lowest BCUT2D eigenvalue weighted by molar-refractivity contribution is -0.137. The summed E-state index contributed by atoms with van der Waals surface area (Å²) in [5.74, 6) is 2.32. The first-order chi connectivity index (χ1) is 6.74. The monoisotopic (exact) mass is 229 g/mol. The number of allylic oxidation sites excluding steroid dienone is 1. The van der Waals surface area contributed by atoms with Crippen molar-refractivity contribution in [3.8, 4) is 0 Å². The van der Waals surface area contributed by atoms with Gasteiger partial charge in [-0.15, -0.1) is 11.8 Å². The van der Waals surface area contributed by atoms with Gasteiger partial charge in [-0.1, -0.05) is 0 Å². The van der Waals surface area contributed by atoms with Crippen LogP contribution in [0.4, 0.5) is 0 Å². The molecule has 0 spiro atoms. The Morgan fingerprint density at radius 1 is 1.57 bits per heavy atom. The molecular weight excluding hydrogens is 218 g/mol. The van der Waals surface area contributed by atoms with Crippen LogP contribution < -0.4 is 0 Å². The Bertz CT molecular complexity index is 353. The van der Waals surface area contributed by atoms with Gasteiger partial charge in [0, 0.05) is 39.3 Å². The van der Waals surface area contributed by atoms with E-state index in [1.165, 1.54) is 4.91 Å². The van der Waals surface area contributed by atoms with Crippen LogP contribution in [-0.4, -0.2) is 31.9 Å². The van der Waals surface area contributed by atoms with E-state index in [1.54, 1.807) is 11.8 Å². The van der Waals surface area contributed by atoms with Crippen molar-refractivity contribution in [1.29, 1.82) is 0 Å². The minimum absolute atomic E-state index is 0.233. The van der Waals surface area contributed by atoms with Crippen LogP contribution in [-0.2, 0) is 15.6 Å². The quantitative estimate of drug-likeness (QED) is 0.627. The molecule has 3 atom stereocenters. The standard InChI is InChI=1S/C9H11NO2S2/c11-8-3-9-10(8)4-7(13-9)6-1-2-14(12)5-6/h4,6,9H,1-3,5H2/t6?,9-,14?/m0/s1. The molecule has 0 saturated carbocycles. The van der Waals surface area contributed by atoms with Crippen LogP contribution in [0.1, 0.15) is 12.8 Å². The van der Waals surface area contributed by atoms with Crippen molar-refractivity contribution in [3.05, 3.63) is 11.1 Å². The third kappa shape index (κ3) is 1.26. The van der Waals surface area contributed by atoms with E-state index in [2.05, 4.69) is 0 Å². The highest BCUT2D eigenvalue weighted by Gasteiger charge is 2.42. The highest BCUT2D eigenvalue weighted by Crippen LogP contribution is 2.46. The van der Waals surface area contributed by atoms with Gasteiger partial charge in [0.05, 0.1) is 11.8 Å². The minimum Gasteiger partial charge on any atom is -0.305 e. The second-order valence-corrected chi connectivity index (χ2v) is 6.78. The van der Waals surface area contributed by atoms with E-state index in [9.17, 15) is 9.00 Å². The third-order valence-electron chi connectivity index (χ3n) is 2.97. The van der Waals surface area contributed by atoms with Crippen molar-refractivity contribution in [2.45, 2.75) is 18.2 Å². The number of amides is 1. The Labute approximate surface area is 89.4 Å². The molecule has 2 unspecified atom stereocenters. The van der Waals surface area contributed by atoms with Gasteiger partial charge in [0.25, 0.3) is 0 Å². The van der Waals surface area contributed by atoms with Crippen LogP contribution in [0.25, 0.3) is 0 Å². The van der Waals surface area contributed by atoms with Crippen LogP contribution in [0.15, 0.2) is 11.1 Å². The first-order valence-electron chi connectivity index (χ1n) is 4.78. The van der Waals surface area contributed by atoms with Crippen molar-refractivity contribution in [2.75, 3.05) is 11.5 Å². The fourth-order valence-corrected chi connectivity index (χ4v) is 5.08. The molecule has 3 heterocycles. The van der Waals surface area contributed by atoms with Crippen molar-refractivity contribution in [3.63, 3.8) is 0 Å². The van der Waals surface area contributed by atoms with Crippen LogP contribution in [0, 0.1) is 5.92 Å². The summed E-state index contributed by atoms with van der Waals surface area (Å²) < 4.78 is 11.2. The number of carbonyl (C=O) groups excluding carboxylic acids is 1. The average Bonchev–Trinajstić information content (AvgIpc) is 2.69. The predicted molar refractivity (Wildman–Crippen MR) is 56.9 cm³/mol. The summed E-state index contributed by atoms with van der Waals surface area (Å²) in [5, 5.41) is 0.367. The lowest BCUT2D eigenvalue weighted by atomic mass is 10.1. The zero-order valence-electron chi connectivity index (χ0n) is 7.64. The Kier molecular flexibility index (Phi) is 1.99. The van der Waals surface area contributed by atoms with Crippen LogP contribution in [0.5, 0.6) is 0 Å². The van der Waals surface area contributed by atoms with Gasteiger partial charge in [-0.05, 0) is 6.42 Å². The number of fused-ring (bicyclic) bond motifs is 1. The Morgan fingerprint density at radius 3 is 3.00 bits per heavy atom. The maximum atomic E-state index is 11.2. The summed E-state index contributed by atoms with van der Waals surface area (Å²) in [4.78, 5) is 14.2. The molecule has 0 aromatic rings. The fourth-order valence-electron chi connectivity index (χ4n) is 2.07. The molecule has 0 N–H and O–H groups in total. The van der Waals surface area contributed by atoms with Crippen molar-refractivity contribution >= 4 is 28.5 Å². The first kappa shape index (κ1) is 8.97. The largest absolute Gasteiger partial charge is 0.305 e. The number of β-lactam (4-membered cyclic amide) rings is 1. The molecule has 3 aliphatic heterocycles. The molecule has 1 amide bonds. The molecule has 0 bridgehead atoms. The zero-order chi connectivity index (χ0) is 9.71. The SMILES string of the molecule is O=C1C[C@@H]2SC(C3CCS(=O)C3)=CN12. The number of hydrogen-bond donors (Lipinski definition) is 0. The van der Waals surface area contributed by atoms with Crippen LogP contribution >= 0.6 is 11.8 Å². The lowest BCUT2D eigenvalue weighted by Gasteiger charge is -2.31. The van der Waals surface area contributed by atoms with Gasteiger partial charge in [-0.2, -0.15) is 0 Å². The van der Waals surface area contributed by atoms with Gasteiger partial charge in [0.1, 0.15) is 0 Å². The Hall–Kier alpha value is -0.290. The number of nitrogens with zero attached hydrogens (tertiary/aromatic N) is 1. The number of rotatable bonds is 1. The predicted octanol–water partition coefficient (Wildman–Crippen LogP) is 0.902. The van der Waals surface area contributed by atoms with Gasteiger partial charge >= 0.3 is 0 Å². The number of thioether (sulfide) groups is 1. The lowest BCUT2D eigenvalue weighted by Crippen LogP contribution is -2.44. The van der Waals surface area contributed by atoms with Crippen molar-refractivity contribution < 1.29 is 9.00 Å². The molecule has 2 fully saturated rings. The number of hydrogen-bond acceptors (Lipinski definition) is 3. The van der Waals surface area contributed by atoms with E-state index in [0.717, 1.165) is 17.9 Å². The molecule has 3 rings (SSSR count). The van der Waals surface area contributed by atoms with E-state index in [4.69, 9.17) is 0 Å². The van der Waals surface area contributed by atoms with Crippen molar-refractivity contribution in [2.24, 2.45) is 5.92 Å². The molecule has 14 heavy (non-hydrogen) atoms. The molecule has 2 saturated heterocycles. The van der Waals surface area contributed by atoms with Crippen LogP contribution in [0.2, 0.25) is 0 Å². The van der Waals surface area contributed by atoms with E-state index in [-0.39, 0.29) is 5.91 Å². The summed E-state index contributed by atoms with van der Waals surface area (Å²) in [7, 11) is -0.617. The molecule has 5 heteroatoms. The summed E-state index contributed by atoms with van der Waals surface area (Å²) in [5.41, 5.74) is 0. The maximum Gasteiger partial charge on any atom is 0.230 e. The second kappa shape index (κ2) is 3.10. The summed E-state index contributed by atoms with van der Waals surface area (Å²) >= 11 is 1.80. The molecule has 0 aliphatic carbocycles. The topological polar surface area (TPSA) is 37.4 Å². The summed E-state index contributed by atoms with van der Waals surface area (Å²) in [6.07, 6.45) is 3.69. The Morgan fingerprint density at radius 2 is 2.43 bits per heavy atom. The van der Waals surface area contributed by atoms with Gasteiger partial charge in [0.15, 0.2) is 0 Å². The molecule has 0 aromatic carbocycles. The molecule has 0 aromatic heterocycles. The van der Waals surface area contributed by atoms with Crippen molar-refractivity contribution in [1.82, 2.24) is 4.90 Å². The van der Waals surface area contributed by atoms with Crippen LogP contribution in [0.3, 0.4) is 0 Å². The summed E-state index contributed by atoms with van der Waals surface area (Å²) in [6, 6.07) is 0. The smallest absolute Gasteiger partial charge is 0.230 e. The zero-order valence-corrected chi connectivity index (χ0v) is 9.27. The van der Waals surface area contributed by atoms with Gasteiger partial charge in [0.2, 0.25) is 5.91 Å². The van der Waals surface area contributed by atoms with E-state index in [0.29, 0.717) is 17.7 Å². The van der Waals surface area contributed by atoms with Gasteiger partial charge in [-0.25, -0.2) is 0 Å². The summed E-state index contributed by atoms with van der Waals surface area (Å²) in [6.45, 7) is 0. The van der Waals surface area contributed by atoms with E-state index < -0.39 is 10.8 Å². The molecule has 3 nitrogen and oxygen atoms in total. The van der Waals surface area contributed by atoms with Gasteiger partial charge < -0.3 is 4.90 Å². The highest BCUT2D eigenvalue weighted by atomic mass is 32.2. The van der Waals surface area contributed by atoms with E-state index in [1.807, 2.05) is 11.1 Å². The highest BCUT2D eigenvalue weighted by molar-refractivity contribution is 8.04. The molecule has 76 valence electrons. The Balaban J connectivity index is 1.75. The third-order valence-corrected chi connectivity index (χ3v) is 5.81. The average molecular weight is 229 g/mol. The van der Waals surface area contributed by atoms with Gasteiger partial charge in [-0.3, -0.25) is 9.00 Å². The molecule has 0 radical (unpaired) electrons. The fraction of sp³-hybridized carbons (Fsp3) is 0.667. The normalized spacial score (nSPS) is 40.9. The minimum atomic E-state index is -0.617.